The van der Waals surface area contributed by atoms with Crippen molar-refractivity contribution in [2.24, 2.45) is 0 Å². The molecule has 0 aliphatic heterocycles. The Labute approximate surface area is 178 Å². The lowest BCUT2D eigenvalue weighted by atomic mass is 9.98. The van der Waals surface area contributed by atoms with Crippen molar-refractivity contribution in [2.75, 3.05) is 0 Å². The maximum absolute atomic E-state index is 6.41. The molecule has 0 bridgehead atoms. The third-order valence-corrected chi connectivity index (χ3v) is 7.68. The van der Waals surface area contributed by atoms with Crippen molar-refractivity contribution >= 4 is 35.2 Å². The molecule has 0 saturated carbocycles. The van der Waals surface area contributed by atoms with Gasteiger partial charge in [0.2, 0.25) is 0 Å². The summed E-state index contributed by atoms with van der Waals surface area (Å²) in [6.07, 6.45) is 1.97. The Morgan fingerprint density at radius 3 is 2.27 bits per heavy atom. The molecular formula is C27H25NOSi. The second-order valence-electron chi connectivity index (χ2n) is 9.05. The van der Waals surface area contributed by atoms with Crippen LogP contribution in [0.5, 0.6) is 0 Å². The Morgan fingerprint density at radius 2 is 1.50 bits per heavy atom. The SMILES string of the molecule is Cc1cc(-c2ccccc2)cc(-c2cc3oc4c([Si](C)(C)C)cccc4c3cn2)c1. The summed E-state index contributed by atoms with van der Waals surface area (Å²) >= 11 is 0. The van der Waals surface area contributed by atoms with Crippen molar-refractivity contribution in [1.82, 2.24) is 4.98 Å². The van der Waals surface area contributed by atoms with Gasteiger partial charge in [-0.25, -0.2) is 0 Å². The van der Waals surface area contributed by atoms with Gasteiger partial charge in [-0.15, -0.1) is 0 Å². The zero-order valence-corrected chi connectivity index (χ0v) is 18.9. The van der Waals surface area contributed by atoms with Crippen LogP contribution in [0.25, 0.3) is 44.3 Å². The molecule has 0 fully saturated rings. The number of hydrogen-bond acceptors (Lipinski definition) is 2. The van der Waals surface area contributed by atoms with Crippen LogP contribution < -0.4 is 5.19 Å². The maximum atomic E-state index is 6.41. The predicted octanol–water partition coefficient (Wildman–Crippen LogP) is 7.17. The number of para-hydroxylation sites is 1. The number of aryl methyl sites for hydroxylation is 1. The molecule has 30 heavy (non-hydrogen) atoms. The van der Waals surface area contributed by atoms with Crippen molar-refractivity contribution in [3.63, 3.8) is 0 Å². The topological polar surface area (TPSA) is 26.0 Å². The average Bonchev–Trinajstić information content (AvgIpc) is 3.11. The number of aromatic nitrogens is 1. The van der Waals surface area contributed by atoms with E-state index in [1.807, 2.05) is 12.3 Å². The highest BCUT2D eigenvalue weighted by atomic mass is 28.3. The maximum Gasteiger partial charge on any atom is 0.139 e. The molecule has 5 rings (SSSR count). The monoisotopic (exact) mass is 407 g/mol. The summed E-state index contributed by atoms with van der Waals surface area (Å²) in [6.45, 7) is 9.21. The largest absolute Gasteiger partial charge is 0.456 e. The first-order valence-corrected chi connectivity index (χ1v) is 13.9. The highest BCUT2D eigenvalue weighted by Crippen LogP contribution is 2.32. The second kappa shape index (κ2) is 6.96. The predicted molar refractivity (Wildman–Crippen MR) is 130 cm³/mol. The number of pyridine rings is 1. The number of hydrogen-bond donors (Lipinski definition) is 0. The first-order chi connectivity index (χ1) is 14.4. The van der Waals surface area contributed by atoms with Gasteiger partial charge in [0.15, 0.2) is 0 Å². The van der Waals surface area contributed by atoms with Gasteiger partial charge in [-0.05, 0) is 40.9 Å². The van der Waals surface area contributed by atoms with Gasteiger partial charge in [0.1, 0.15) is 11.2 Å². The van der Waals surface area contributed by atoms with Crippen LogP contribution in [0, 0.1) is 6.92 Å². The Kier molecular flexibility index (Phi) is 4.37. The Balaban J connectivity index is 1.68. The fourth-order valence-electron chi connectivity index (χ4n) is 4.17. The molecule has 0 aliphatic rings. The lowest BCUT2D eigenvalue weighted by Gasteiger charge is -2.16. The van der Waals surface area contributed by atoms with Crippen LogP contribution in [0.4, 0.5) is 0 Å². The minimum atomic E-state index is -1.50. The number of fused-ring (bicyclic) bond motifs is 3. The van der Waals surface area contributed by atoms with E-state index in [0.29, 0.717) is 0 Å². The van der Waals surface area contributed by atoms with Crippen molar-refractivity contribution < 1.29 is 4.42 Å². The van der Waals surface area contributed by atoms with Crippen LogP contribution in [-0.2, 0) is 0 Å². The Hall–Kier alpha value is -3.17. The molecule has 148 valence electrons. The van der Waals surface area contributed by atoms with E-state index in [9.17, 15) is 0 Å². The van der Waals surface area contributed by atoms with Crippen molar-refractivity contribution in [1.29, 1.82) is 0 Å². The number of nitrogens with zero attached hydrogens (tertiary/aromatic N) is 1. The summed E-state index contributed by atoms with van der Waals surface area (Å²) in [6, 6.07) is 25.7. The minimum Gasteiger partial charge on any atom is -0.456 e. The molecule has 5 aromatic rings. The summed E-state index contributed by atoms with van der Waals surface area (Å²) in [5.74, 6) is 0. The molecule has 0 saturated heterocycles. The van der Waals surface area contributed by atoms with Crippen molar-refractivity contribution in [3.05, 3.63) is 84.6 Å². The minimum absolute atomic E-state index is 0.906. The fourth-order valence-corrected chi connectivity index (χ4v) is 5.63. The summed E-state index contributed by atoms with van der Waals surface area (Å²) in [7, 11) is -1.50. The van der Waals surface area contributed by atoms with E-state index in [2.05, 4.69) is 93.3 Å². The molecule has 2 heterocycles. The average molecular weight is 408 g/mol. The third kappa shape index (κ3) is 3.25. The van der Waals surface area contributed by atoms with Gasteiger partial charge >= 0.3 is 0 Å². The summed E-state index contributed by atoms with van der Waals surface area (Å²) in [5, 5.41) is 3.61. The fraction of sp³-hybridized carbons (Fsp3) is 0.148. The van der Waals surface area contributed by atoms with Gasteiger partial charge in [0, 0.05) is 28.6 Å². The van der Waals surface area contributed by atoms with Crippen LogP contribution in [0.3, 0.4) is 0 Å². The second-order valence-corrected chi connectivity index (χ2v) is 14.1. The Morgan fingerprint density at radius 1 is 0.733 bits per heavy atom. The van der Waals surface area contributed by atoms with E-state index >= 15 is 0 Å². The number of rotatable bonds is 3. The standard InChI is InChI=1S/C27H25NOSi/c1-18-13-20(19-9-6-5-7-10-19)15-21(14-18)24-16-25-23(17-28-24)22-11-8-12-26(27(22)29-25)30(2,3)4/h5-17H,1-4H3. The van der Waals surface area contributed by atoms with E-state index in [0.717, 1.165) is 33.2 Å². The van der Waals surface area contributed by atoms with Gasteiger partial charge in [0.05, 0.1) is 13.8 Å². The zero-order chi connectivity index (χ0) is 20.9. The molecule has 0 aliphatic carbocycles. The zero-order valence-electron chi connectivity index (χ0n) is 17.9. The van der Waals surface area contributed by atoms with Crippen LogP contribution in [0.15, 0.2) is 83.4 Å². The first kappa shape index (κ1) is 18.8. The molecule has 0 unspecified atom stereocenters. The van der Waals surface area contributed by atoms with Crippen molar-refractivity contribution in [3.8, 4) is 22.4 Å². The molecule has 0 amide bonds. The van der Waals surface area contributed by atoms with E-state index in [1.165, 1.54) is 21.9 Å². The number of furan rings is 1. The molecule has 2 nitrogen and oxygen atoms in total. The van der Waals surface area contributed by atoms with Crippen LogP contribution >= 0.6 is 0 Å². The smallest absolute Gasteiger partial charge is 0.139 e. The molecular weight excluding hydrogens is 382 g/mol. The third-order valence-electron chi connectivity index (χ3n) is 5.67. The highest BCUT2D eigenvalue weighted by molar-refractivity contribution is 6.90. The molecule has 2 aromatic heterocycles. The lowest BCUT2D eigenvalue weighted by Crippen LogP contribution is -2.37. The molecule has 3 heteroatoms. The summed E-state index contributed by atoms with van der Waals surface area (Å²) < 4.78 is 6.41. The van der Waals surface area contributed by atoms with E-state index < -0.39 is 8.07 Å². The number of benzene rings is 3. The van der Waals surface area contributed by atoms with E-state index in [-0.39, 0.29) is 0 Å². The quantitative estimate of drug-likeness (QED) is 0.296. The van der Waals surface area contributed by atoms with Gasteiger partial charge in [0.25, 0.3) is 0 Å². The molecule has 0 N–H and O–H groups in total. The van der Waals surface area contributed by atoms with E-state index in [1.54, 1.807) is 0 Å². The first-order valence-electron chi connectivity index (χ1n) is 10.4. The van der Waals surface area contributed by atoms with Crippen LogP contribution in [-0.4, -0.2) is 13.1 Å². The normalized spacial score (nSPS) is 12.0. The highest BCUT2D eigenvalue weighted by Gasteiger charge is 2.22. The molecule has 0 radical (unpaired) electrons. The molecule has 0 spiro atoms. The van der Waals surface area contributed by atoms with Gasteiger partial charge in [-0.3, -0.25) is 4.98 Å². The Bertz CT molecular complexity index is 1380. The van der Waals surface area contributed by atoms with Crippen molar-refractivity contribution in [2.45, 2.75) is 26.6 Å². The van der Waals surface area contributed by atoms with Gasteiger partial charge < -0.3 is 4.42 Å². The summed E-state index contributed by atoms with van der Waals surface area (Å²) in [4.78, 5) is 4.82. The molecule has 3 aromatic carbocycles. The lowest BCUT2D eigenvalue weighted by molar-refractivity contribution is 0.671. The summed E-state index contributed by atoms with van der Waals surface area (Å²) in [5.41, 5.74) is 7.63. The van der Waals surface area contributed by atoms with Crippen LogP contribution in [0.1, 0.15) is 5.56 Å². The van der Waals surface area contributed by atoms with E-state index in [4.69, 9.17) is 9.40 Å². The van der Waals surface area contributed by atoms with Gasteiger partial charge in [-0.2, -0.15) is 0 Å². The van der Waals surface area contributed by atoms with Crippen LogP contribution in [0.2, 0.25) is 19.6 Å². The van der Waals surface area contributed by atoms with Gasteiger partial charge in [-0.1, -0.05) is 74.2 Å². The molecule has 0 atom stereocenters.